The fraction of sp³-hybridized carbons (Fsp3) is 0.214. The van der Waals surface area contributed by atoms with Crippen molar-refractivity contribution in [2.75, 3.05) is 0 Å². The van der Waals surface area contributed by atoms with Crippen LogP contribution in [0.5, 0.6) is 0 Å². The topological polar surface area (TPSA) is 59.1 Å². The molecular weight excluding hydrogens is 279 g/mol. The third-order valence-electron chi connectivity index (χ3n) is 2.90. The second-order valence-corrected chi connectivity index (χ2v) is 6.31. The van der Waals surface area contributed by atoms with E-state index in [0.717, 1.165) is 29.6 Å². The molecule has 1 N–H and O–H groups in total. The van der Waals surface area contributed by atoms with E-state index in [2.05, 4.69) is 9.71 Å². The number of nitrogens with one attached hydrogen (secondary N) is 1. The summed E-state index contributed by atoms with van der Waals surface area (Å²) in [5, 5.41) is 0. The van der Waals surface area contributed by atoms with Crippen molar-refractivity contribution >= 4 is 10.0 Å². The summed E-state index contributed by atoms with van der Waals surface area (Å²) in [7, 11) is -3.79. The van der Waals surface area contributed by atoms with Gasteiger partial charge in [-0.2, -0.15) is 0 Å². The van der Waals surface area contributed by atoms with Crippen molar-refractivity contribution in [1.29, 1.82) is 0 Å². The van der Waals surface area contributed by atoms with Gasteiger partial charge in [0, 0.05) is 12.2 Å². The third-order valence-corrected chi connectivity index (χ3v) is 4.41. The number of aromatic nitrogens is 1. The summed E-state index contributed by atoms with van der Waals surface area (Å²) in [4.78, 5) is 3.36. The first-order valence-corrected chi connectivity index (χ1v) is 7.56. The van der Waals surface area contributed by atoms with Crippen LogP contribution in [-0.2, 0) is 10.0 Å². The number of pyridine rings is 1. The van der Waals surface area contributed by atoms with E-state index in [1.54, 1.807) is 6.92 Å². The van der Waals surface area contributed by atoms with E-state index in [0.29, 0.717) is 0 Å². The fourth-order valence-electron chi connectivity index (χ4n) is 1.76. The van der Waals surface area contributed by atoms with E-state index in [4.69, 9.17) is 0 Å². The van der Waals surface area contributed by atoms with Gasteiger partial charge in [-0.1, -0.05) is 29.8 Å². The van der Waals surface area contributed by atoms with E-state index in [1.807, 2.05) is 31.2 Å². The Morgan fingerprint density at radius 2 is 1.85 bits per heavy atom. The maximum atomic E-state index is 13.0. The Balaban J connectivity index is 2.22. The normalized spacial score (nSPS) is 13.2. The second kappa shape index (κ2) is 5.68. The summed E-state index contributed by atoms with van der Waals surface area (Å²) < 4.78 is 39.8. The minimum Gasteiger partial charge on any atom is -0.260 e. The second-order valence-electron chi connectivity index (χ2n) is 4.59. The molecule has 1 heterocycles. The van der Waals surface area contributed by atoms with Gasteiger partial charge in [-0.25, -0.2) is 17.5 Å². The summed E-state index contributed by atoms with van der Waals surface area (Å²) in [5.74, 6) is -0.684. The Bertz CT molecular complexity index is 699. The number of nitrogens with zero attached hydrogens (tertiary/aromatic N) is 1. The Labute approximate surface area is 117 Å². The summed E-state index contributed by atoms with van der Waals surface area (Å²) in [5.41, 5.74) is 1.93. The molecule has 1 aromatic heterocycles. The van der Waals surface area contributed by atoms with E-state index >= 15 is 0 Å². The first kappa shape index (κ1) is 14.6. The van der Waals surface area contributed by atoms with Crippen molar-refractivity contribution in [3.05, 3.63) is 59.7 Å². The average Bonchev–Trinajstić information content (AvgIpc) is 2.39. The molecule has 0 saturated carbocycles. The van der Waals surface area contributed by atoms with Crippen LogP contribution in [0, 0.1) is 12.7 Å². The lowest BCUT2D eigenvalue weighted by atomic mass is 10.1. The van der Waals surface area contributed by atoms with Crippen LogP contribution in [0.15, 0.2) is 47.6 Å². The molecule has 0 aliphatic carbocycles. The molecule has 0 aliphatic rings. The van der Waals surface area contributed by atoms with Gasteiger partial charge in [-0.05, 0) is 25.5 Å². The van der Waals surface area contributed by atoms with Gasteiger partial charge in [0.1, 0.15) is 10.7 Å². The van der Waals surface area contributed by atoms with Crippen LogP contribution in [0.1, 0.15) is 24.1 Å². The number of hydrogen-bond acceptors (Lipinski definition) is 3. The van der Waals surface area contributed by atoms with Crippen molar-refractivity contribution < 1.29 is 12.8 Å². The highest BCUT2D eigenvalue weighted by molar-refractivity contribution is 7.89. The van der Waals surface area contributed by atoms with Gasteiger partial charge in [0.05, 0.1) is 6.20 Å². The highest BCUT2D eigenvalue weighted by Crippen LogP contribution is 2.17. The molecule has 0 aliphatic heterocycles. The highest BCUT2D eigenvalue weighted by atomic mass is 32.2. The molecule has 106 valence electrons. The van der Waals surface area contributed by atoms with Crippen LogP contribution in [0.4, 0.5) is 4.39 Å². The van der Waals surface area contributed by atoms with Crippen LogP contribution in [0.3, 0.4) is 0 Å². The Morgan fingerprint density at radius 1 is 1.20 bits per heavy atom. The van der Waals surface area contributed by atoms with Crippen LogP contribution in [0.25, 0.3) is 0 Å². The summed E-state index contributed by atoms with van der Waals surface area (Å²) >= 11 is 0. The zero-order chi connectivity index (χ0) is 14.8. The van der Waals surface area contributed by atoms with Gasteiger partial charge >= 0.3 is 0 Å². The van der Waals surface area contributed by atoms with Crippen molar-refractivity contribution in [2.45, 2.75) is 24.8 Å². The monoisotopic (exact) mass is 294 g/mol. The van der Waals surface area contributed by atoms with E-state index in [9.17, 15) is 12.8 Å². The molecule has 20 heavy (non-hydrogen) atoms. The third kappa shape index (κ3) is 3.40. The average molecular weight is 294 g/mol. The van der Waals surface area contributed by atoms with Crippen molar-refractivity contribution in [2.24, 2.45) is 0 Å². The molecule has 0 bridgehead atoms. The lowest BCUT2D eigenvalue weighted by Gasteiger charge is -2.14. The lowest BCUT2D eigenvalue weighted by molar-refractivity contribution is 0.562. The lowest BCUT2D eigenvalue weighted by Crippen LogP contribution is -2.27. The quantitative estimate of drug-likeness (QED) is 0.943. The van der Waals surface area contributed by atoms with Gasteiger partial charge in [-0.15, -0.1) is 0 Å². The van der Waals surface area contributed by atoms with Crippen LogP contribution in [-0.4, -0.2) is 13.4 Å². The zero-order valence-electron chi connectivity index (χ0n) is 11.2. The smallest absolute Gasteiger partial charge is 0.242 e. The maximum Gasteiger partial charge on any atom is 0.242 e. The standard InChI is InChI=1S/C14H15FN2O2S/c1-10-3-5-12(6-4-10)11(2)17-20(18,19)14-7-13(15)8-16-9-14/h3-9,11,17H,1-2H3/t11-/m0/s1. The predicted octanol–water partition coefficient (Wildman–Crippen LogP) is 2.57. The molecule has 4 nitrogen and oxygen atoms in total. The molecule has 0 saturated heterocycles. The van der Waals surface area contributed by atoms with Crippen molar-refractivity contribution in [1.82, 2.24) is 9.71 Å². The number of rotatable bonds is 4. The number of sulfonamides is 1. The zero-order valence-corrected chi connectivity index (χ0v) is 12.0. The molecule has 0 unspecified atom stereocenters. The van der Waals surface area contributed by atoms with Gasteiger partial charge in [0.25, 0.3) is 0 Å². The molecule has 0 amide bonds. The van der Waals surface area contributed by atoms with Crippen LogP contribution >= 0.6 is 0 Å². The van der Waals surface area contributed by atoms with Crippen LogP contribution in [0.2, 0.25) is 0 Å². The number of aryl methyl sites for hydroxylation is 1. The Kier molecular flexibility index (Phi) is 4.15. The van der Waals surface area contributed by atoms with E-state index in [1.165, 1.54) is 0 Å². The molecule has 6 heteroatoms. The minimum absolute atomic E-state index is 0.184. The van der Waals surface area contributed by atoms with Crippen molar-refractivity contribution in [3.8, 4) is 0 Å². The van der Waals surface area contributed by atoms with Crippen molar-refractivity contribution in [3.63, 3.8) is 0 Å². The molecule has 0 fully saturated rings. The molecule has 2 rings (SSSR count). The summed E-state index contributed by atoms with van der Waals surface area (Å²) in [6.45, 7) is 3.69. The molecule has 1 atom stereocenters. The highest BCUT2D eigenvalue weighted by Gasteiger charge is 2.19. The summed E-state index contributed by atoms with van der Waals surface area (Å²) in [6, 6.07) is 8.05. The maximum absolute atomic E-state index is 13.0. The van der Waals surface area contributed by atoms with Gasteiger partial charge in [0.15, 0.2) is 0 Å². The Hall–Kier alpha value is -1.79. The first-order chi connectivity index (χ1) is 9.38. The Morgan fingerprint density at radius 3 is 2.45 bits per heavy atom. The number of hydrogen-bond donors (Lipinski definition) is 1. The van der Waals surface area contributed by atoms with Gasteiger partial charge in [0.2, 0.25) is 10.0 Å². The SMILES string of the molecule is Cc1ccc([C@H](C)NS(=O)(=O)c2cncc(F)c2)cc1. The predicted molar refractivity (Wildman–Crippen MR) is 74.1 cm³/mol. The van der Waals surface area contributed by atoms with Crippen LogP contribution < -0.4 is 4.72 Å². The number of benzene rings is 1. The molecule has 1 aromatic carbocycles. The molecular formula is C14H15FN2O2S. The van der Waals surface area contributed by atoms with E-state index in [-0.39, 0.29) is 4.90 Å². The van der Waals surface area contributed by atoms with Gasteiger partial charge in [-0.3, -0.25) is 4.98 Å². The van der Waals surface area contributed by atoms with E-state index < -0.39 is 21.9 Å². The largest absolute Gasteiger partial charge is 0.260 e. The summed E-state index contributed by atoms with van der Waals surface area (Å²) in [6.07, 6.45) is 2.08. The molecule has 0 spiro atoms. The minimum atomic E-state index is -3.79. The fourth-order valence-corrected chi connectivity index (χ4v) is 2.97. The molecule has 0 radical (unpaired) electrons. The first-order valence-electron chi connectivity index (χ1n) is 6.08. The van der Waals surface area contributed by atoms with Gasteiger partial charge < -0.3 is 0 Å². The molecule has 2 aromatic rings. The number of halogens is 1.